The second-order valence-corrected chi connectivity index (χ2v) is 4.41. The Balaban J connectivity index is 2.23. The van der Waals surface area contributed by atoms with E-state index >= 15 is 0 Å². The molecular formula is C13H16FN3O. The van der Waals surface area contributed by atoms with E-state index in [1.54, 1.807) is 6.07 Å². The quantitative estimate of drug-likeness (QED) is 0.904. The number of benzene rings is 1. The normalized spacial score (nSPS) is 12.7. The van der Waals surface area contributed by atoms with Crippen molar-refractivity contribution in [1.29, 1.82) is 0 Å². The van der Waals surface area contributed by atoms with Crippen LogP contribution in [0.5, 0.6) is 0 Å². The highest BCUT2D eigenvalue weighted by Crippen LogP contribution is 2.20. The van der Waals surface area contributed by atoms with Crippen LogP contribution in [-0.2, 0) is 6.42 Å². The third-order valence-electron chi connectivity index (χ3n) is 2.73. The summed E-state index contributed by atoms with van der Waals surface area (Å²) in [5.41, 5.74) is 7.23. The second-order valence-electron chi connectivity index (χ2n) is 4.41. The van der Waals surface area contributed by atoms with Gasteiger partial charge >= 0.3 is 0 Å². The summed E-state index contributed by atoms with van der Waals surface area (Å²) in [6.07, 6.45) is 1.41. The summed E-state index contributed by atoms with van der Waals surface area (Å²) in [4.78, 5) is 4.23. The average Bonchev–Trinajstić information content (AvgIpc) is 2.76. The Hall–Kier alpha value is -1.75. The van der Waals surface area contributed by atoms with Gasteiger partial charge in [0.15, 0.2) is 5.82 Å². The highest BCUT2D eigenvalue weighted by Gasteiger charge is 2.12. The van der Waals surface area contributed by atoms with E-state index in [1.165, 1.54) is 12.1 Å². The first-order chi connectivity index (χ1) is 8.58. The summed E-state index contributed by atoms with van der Waals surface area (Å²) in [7, 11) is 0. The molecule has 5 heteroatoms. The molecule has 0 aliphatic rings. The van der Waals surface area contributed by atoms with Crippen LogP contribution in [0.25, 0.3) is 11.5 Å². The molecular weight excluding hydrogens is 233 g/mol. The molecule has 1 aromatic heterocycles. The molecule has 0 fully saturated rings. The molecule has 1 heterocycles. The molecule has 4 nitrogen and oxygen atoms in total. The van der Waals surface area contributed by atoms with Crippen LogP contribution in [0, 0.1) is 12.7 Å². The zero-order valence-electron chi connectivity index (χ0n) is 10.5. The van der Waals surface area contributed by atoms with Crippen molar-refractivity contribution < 1.29 is 8.91 Å². The Bertz CT molecular complexity index is 519. The van der Waals surface area contributed by atoms with Crippen LogP contribution in [-0.4, -0.2) is 16.2 Å². The Morgan fingerprint density at radius 2 is 2.17 bits per heavy atom. The van der Waals surface area contributed by atoms with Gasteiger partial charge < -0.3 is 10.3 Å². The predicted octanol–water partition coefficient (Wildman–Crippen LogP) is 2.46. The van der Waals surface area contributed by atoms with Crippen molar-refractivity contribution in [3.05, 3.63) is 35.4 Å². The number of hydrogen-bond donors (Lipinski definition) is 1. The molecule has 1 atom stereocenters. The first-order valence-electron chi connectivity index (χ1n) is 5.94. The van der Waals surface area contributed by atoms with Gasteiger partial charge in [-0.1, -0.05) is 12.1 Å². The van der Waals surface area contributed by atoms with Gasteiger partial charge in [-0.05, 0) is 37.1 Å². The van der Waals surface area contributed by atoms with Crippen molar-refractivity contribution in [2.24, 2.45) is 5.73 Å². The monoisotopic (exact) mass is 249 g/mol. The molecule has 0 bridgehead atoms. The van der Waals surface area contributed by atoms with E-state index in [9.17, 15) is 4.39 Å². The topological polar surface area (TPSA) is 64.9 Å². The zero-order valence-corrected chi connectivity index (χ0v) is 10.5. The highest BCUT2D eigenvalue weighted by molar-refractivity contribution is 5.54. The van der Waals surface area contributed by atoms with Gasteiger partial charge in [0, 0.05) is 18.0 Å². The molecule has 1 aromatic carbocycles. The predicted molar refractivity (Wildman–Crippen MR) is 66.4 cm³/mol. The fraction of sp³-hybridized carbons (Fsp3) is 0.385. The number of rotatable bonds is 4. The lowest BCUT2D eigenvalue weighted by Crippen LogP contribution is -2.21. The SMILES string of the molecule is CCC(N)Cc1noc(-c2cc(C)cc(F)c2)n1. The molecule has 0 saturated heterocycles. The summed E-state index contributed by atoms with van der Waals surface area (Å²) < 4.78 is 18.4. The Morgan fingerprint density at radius 1 is 1.39 bits per heavy atom. The Morgan fingerprint density at radius 3 is 2.83 bits per heavy atom. The highest BCUT2D eigenvalue weighted by atomic mass is 19.1. The van der Waals surface area contributed by atoms with Crippen molar-refractivity contribution in [1.82, 2.24) is 10.1 Å². The van der Waals surface area contributed by atoms with E-state index in [1.807, 2.05) is 13.8 Å². The van der Waals surface area contributed by atoms with Crippen molar-refractivity contribution >= 4 is 0 Å². The van der Waals surface area contributed by atoms with E-state index in [4.69, 9.17) is 10.3 Å². The molecule has 2 N–H and O–H groups in total. The third kappa shape index (κ3) is 2.92. The molecule has 0 saturated carbocycles. The number of nitrogens with zero attached hydrogens (tertiary/aromatic N) is 2. The molecule has 2 aromatic rings. The first-order valence-corrected chi connectivity index (χ1v) is 5.94. The maximum absolute atomic E-state index is 13.3. The van der Waals surface area contributed by atoms with Gasteiger partial charge in [0.05, 0.1) is 0 Å². The number of aryl methyl sites for hydroxylation is 1. The van der Waals surface area contributed by atoms with Gasteiger partial charge in [-0.3, -0.25) is 0 Å². The third-order valence-corrected chi connectivity index (χ3v) is 2.73. The van der Waals surface area contributed by atoms with Crippen LogP contribution >= 0.6 is 0 Å². The Kier molecular flexibility index (Phi) is 3.72. The van der Waals surface area contributed by atoms with Gasteiger partial charge in [-0.2, -0.15) is 4.98 Å². The van der Waals surface area contributed by atoms with Crippen molar-refractivity contribution in [2.75, 3.05) is 0 Å². The van der Waals surface area contributed by atoms with Gasteiger partial charge in [0.25, 0.3) is 5.89 Å². The van der Waals surface area contributed by atoms with Gasteiger partial charge in [-0.15, -0.1) is 0 Å². The van der Waals surface area contributed by atoms with Crippen molar-refractivity contribution in [3.8, 4) is 11.5 Å². The number of nitrogens with two attached hydrogens (primary N) is 1. The molecule has 0 aliphatic heterocycles. The Labute approximate surface area is 105 Å². The summed E-state index contributed by atoms with van der Waals surface area (Å²) in [5, 5.41) is 3.85. The maximum Gasteiger partial charge on any atom is 0.258 e. The molecule has 0 amide bonds. The lowest BCUT2D eigenvalue weighted by Gasteiger charge is -2.02. The minimum atomic E-state index is -0.310. The lowest BCUT2D eigenvalue weighted by atomic mass is 10.1. The van der Waals surface area contributed by atoms with E-state index in [0.717, 1.165) is 12.0 Å². The summed E-state index contributed by atoms with van der Waals surface area (Å²) in [6.45, 7) is 3.82. The molecule has 18 heavy (non-hydrogen) atoms. The fourth-order valence-electron chi connectivity index (χ4n) is 1.69. The molecule has 96 valence electrons. The minimum Gasteiger partial charge on any atom is -0.334 e. The van der Waals surface area contributed by atoms with Crippen molar-refractivity contribution in [2.45, 2.75) is 32.7 Å². The number of halogens is 1. The van der Waals surface area contributed by atoms with Gasteiger partial charge in [-0.25, -0.2) is 4.39 Å². The largest absolute Gasteiger partial charge is 0.334 e. The molecule has 1 unspecified atom stereocenters. The van der Waals surface area contributed by atoms with E-state index in [0.29, 0.717) is 23.7 Å². The van der Waals surface area contributed by atoms with E-state index < -0.39 is 0 Å². The van der Waals surface area contributed by atoms with Crippen LogP contribution in [0.1, 0.15) is 24.7 Å². The van der Waals surface area contributed by atoms with Crippen LogP contribution < -0.4 is 5.73 Å². The van der Waals surface area contributed by atoms with Gasteiger partial charge in [0.1, 0.15) is 5.82 Å². The first kappa shape index (κ1) is 12.7. The summed E-state index contributed by atoms with van der Waals surface area (Å²) >= 11 is 0. The average molecular weight is 249 g/mol. The van der Waals surface area contributed by atoms with Crippen LogP contribution in [0.2, 0.25) is 0 Å². The zero-order chi connectivity index (χ0) is 13.1. The molecule has 0 spiro atoms. The van der Waals surface area contributed by atoms with Crippen LogP contribution in [0.15, 0.2) is 22.7 Å². The van der Waals surface area contributed by atoms with Crippen LogP contribution in [0.4, 0.5) is 4.39 Å². The van der Waals surface area contributed by atoms with E-state index in [2.05, 4.69) is 10.1 Å². The molecule has 2 rings (SSSR count). The standard InChI is InChI=1S/C13H16FN3O/c1-3-11(15)7-12-16-13(18-17-12)9-4-8(2)5-10(14)6-9/h4-6,11H,3,7,15H2,1-2H3. The van der Waals surface area contributed by atoms with Crippen LogP contribution in [0.3, 0.4) is 0 Å². The fourth-order valence-corrected chi connectivity index (χ4v) is 1.69. The van der Waals surface area contributed by atoms with E-state index in [-0.39, 0.29) is 11.9 Å². The number of hydrogen-bond acceptors (Lipinski definition) is 4. The van der Waals surface area contributed by atoms with Gasteiger partial charge in [0.2, 0.25) is 0 Å². The molecule has 0 aliphatic carbocycles. The summed E-state index contributed by atoms with van der Waals surface area (Å²) in [6, 6.07) is 4.66. The minimum absolute atomic E-state index is 0.0182. The second kappa shape index (κ2) is 5.27. The maximum atomic E-state index is 13.3. The number of aromatic nitrogens is 2. The lowest BCUT2D eigenvalue weighted by molar-refractivity contribution is 0.419. The molecule has 0 radical (unpaired) electrons. The van der Waals surface area contributed by atoms with Crippen molar-refractivity contribution in [3.63, 3.8) is 0 Å². The summed E-state index contributed by atoms with van der Waals surface area (Å²) in [5.74, 6) is 0.576. The smallest absolute Gasteiger partial charge is 0.258 e.